The fraction of sp³-hybridized carbons (Fsp3) is 0.214. The second-order valence-electron chi connectivity index (χ2n) is 4.33. The molecule has 1 N–H and O–H groups in total. The molecule has 2 aromatic rings. The van der Waals surface area contributed by atoms with Crippen molar-refractivity contribution in [2.24, 2.45) is 0 Å². The quantitative estimate of drug-likeness (QED) is 0.915. The third kappa shape index (κ3) is 2.38. The first-order valence-corrected chi connectivity index (χ1v) is 6.98. The fourth-order valence-corrected chi connectivity index (χ4v) is 3.31. The van der Waals surface area contributed by atoms with E-state index in [9.17, 15) is 9.18 Å². The molecule has 1 unspecified atom stereocenters. The van der Waals surface area contributed by atoms with Crippen LogP contribution in [-0.2, 0) is 0 Å². The number of rotatable bonds is 2. The second-order valence-corrected chi connectivity index (χ2v) is 5.44. The Bertz CT molecular complexity index is 597. The molecule has 2 heterocycles. The molecule has 0 saturated carbocycles. The Kier molecular flexibility index (Phi) is 3.29. The van der Waals surface area contributed by atoms with Crippen LogP contribution in [0.4, 0.5) is 4.39 Å². The highest BCUT2D eigenvalue weighted by atomic mass is 32.2. The monoisotopic (exact) mass is 277 g/mol. The molecule has 0 bridgehead atoms. The lowest BCUT2D eigenvalue weighted by Crippen LogP contribution is -2.30. The van der Waals surface area contributed by atoms with E-state index in [0.717, 1.165) is 17.7 Å². The molecule has 1 aliphatic heterocycles. The highest BCUT2D eigenvalue weighted by molar-refractivity contribution is 7.99. The van der Waals surface area contributed by atoms with E-state index in [-0.39, 0.29) is 17.8 Å². The lowest BCUT2D eigenvalue weighted by atomic mass is 10.0. The van der Waals surface area contributed by atoms with Gasteiger partial charge in [-0.25, -0.2) is 4.39 Å². The zero-order valence-corrected chi connectivity index (χ0v) is 10.9. The number of halogens is 1. The molecule has 19 heavy (non-hydrogen) atoms. The number of carbonyl (C=O) groups excluding carboxylic acids is 1. The van der Waals surface area contributed by atoms with Crippen molar-refractivity contribution in [3.05, 3.63) is 53.7 Å². The predicted molar refractivity (Wildman–Crippen MR) is 70.7 cm³/mol. The molecule has 1 aromatic heterocycles. The molecule has 0 aliphatic carbocycles. The van der Waals surface area contributed by atoms with Gasteiger partial charge in [0.2, 0.25) is 0 Å². The van der Waals surface area contributed by atoms with E-state index in [1.54, 1.807) is 12.1 Å². The Hall–Kier alpha value is -1.75. The van der Waals surface area contributed by atoms with Crippen LogP contribution >= 0.6 is 11.8 Å². The standard InChI is InChI=1S/C14H12FNO2S/c15-11-3-1-2-10-12(5-7-19-13(10)11)16-14(17)9-4-6-18-8-9/h1-4,6,8,12H,5,7H2,(H,16,17). The maximum atomic E-state index is 13.7. The van der Waals surface area contributed by atoms with Gasteiger partial charge in [0.05, 0.1) is 17.9 Å². The third-order valence-corrected chi connectivity index (χ3v) is 4.27. The van der Waals surface area contributed by atoms with Crippen molar-refractivity contribution in [3.8, 4) is 0 Å². The van der Waals surface area contributed by atoms with Crippen LogP contribution in [0.2, 0.25) is 0 Å². The Morgan fingerprint density at radius 2 is 2.32 bits per heavy atom. The largest absolute Gasteiger partial charge is 0.472 e. The number of furan rings is 1. The third-order valence-electron chi connectivity index (χ3n) is 3.11. The van der Waals surface area contributed by atoms with E-state index in [4.69, 9.17) is 4.42 Å². The molecule has 1 amide bonds. The average molecular weight is 277 g/mol. The normalized spacial score (nSPS) is 17.8. The zero-order chi connectivity index (χ0) is 13.2. The Balaban J connectivity index is 1.84. The molecule has 0 saturated heterocycles. The van der Waals surface area contributed by atoms with E-state index in [2.05, 4.69) is 5.32 Å². The number of fused-ring (bicyclic) bond motifs is 1. The fourth-order valence-electron chi connectivity index (χ4n) is 2.17. The van der Waals surface area contributed by atoms with Crippen LogP contribution in [0.25, 0.3) is 0 Å². The second kappa shape index (κ2) is 5.09. The smallest absolute Gasteiger partial charge is 0.255 e. The minimum Gasteiger partial charge on any atom is -0.472 e. The SMILES string of the molecule is O=C(NC1CCSc2c(F)cccc21)c1ccoc1. The first-order chi connectivity index (χ1) is 9.25. The summed E-state index contributed by atoms with van der Waals surface area (Å²) in [5.41, 5.74) is 1.34. The minimum atomic E-state index is -0.218. The number of hydrogen-bond donors (Lipinski definition) is 1. The number of thioether (sulfide) groups is 1. The molecule has 1 aliphatic rings. The molecule has 3 nitrogen and oxygen atoms in total. The maximum Gasteiger partial charge on any atom is 0.255 e. The van der Waals surface area contributed by atoms with Gasteiger partial charge in [-0.2, -0.15) is 0 Å². The first kappa shape index (κ1) is 12.3. The van der Waals surface area contributed by atoms with Crippen LogP contribution in [0.3, 0.4) is 0 Å². The van der Waals surface area contributed by atoms with Gasteiger partial charge in [-0.05, 0) is 24.1 Å². The van der Waals surface area contributed by atoms with Gasteiger partial charge in [0.15, 0.2) is 0 Å². The van der Waals surface area contributed by atoms with Crippen molar-refractivity contribution in [1.82, 2.24) is 5.32 Å². The molecule has 5 heteroatoms. The van der Waals surface area contributed by atoms with E-state index < -0.39 is 0 Å². The summed E-state index contributed by atoms with van der Waals surface area (Å²) in [5, 5.41) is 2.93. The van der Waals surface area contributed by atoms with Crippen LogP contribution in [0.15, 0.2) is 46.1 Å². The summed E-state index contributed by atoms with van der Waals surface area (Å²) in [6, 6.07) is 6.46. The van der Waals surface area contributed by atoms with E-state index >= 15 is 0 Å². The summed E-state index contributed by atoms with van der Waals surface area (Å²) in [7, 11) is 0. The Labute approximate surface area is 114 Å². The zero-order valence-electron chi connectivity index (χ0n) is 10.1. The summed E-state index contributed by atoms with van der Waals surface area (Å²) in [4.78, 5) is 12.6. The lowest BCUT2D eigenvalue weighted by Gasteiger charge is -2.26. The average Bonchev–Trinajstić information content (AvgIpc) is 2.94. The van der Waals surface area contributed by atoms with E-state index in [1.807, 2.05) is 6.07 Å². The lowest BCUT2D eigenvalue weighted by molar-refractivity contribution is 0.0934. The van der Waals surface area contributed by atoms with Crippen molar-refractivity contribution in [1.29, 1.82) is 0 Å². The molecule has 1 atom stereocenters. The van der Waals surface area contributed by atoms with Crippen LogP contribution in [0.5, 0.6) is 0 Å². The van der Waals surface area contributed by atoms with Crippen molar-refractivity contribution >= 4 is 17.7 Å². The van der Waals surface area contributed by atoms with Crippen molar-refractivity contribution in [2.75, 3.05) is 5.75 Å². The van der Waals surface area contributed by atoms with Gasteiger partial charge in [-0.15, -0.1) is 11.8 Å². The van der Waals surface area contributed by atoms with Crippen molar-refractivity contribution in [2.45, 2.75) is 17.4 Å². The highest BCUT2D eigenvalue weighted by Gasteiger charge is 2.24. The summed E-state index contributed by atoms with van der Waals surface area (Å²) in [6.45, 7) is 0. The maximum absolute atomic E-state index is 13.7. The number of amides is 1. The minimum absolute atomic E-state index is 0.144. The number of nitrogens with one attached hydrogen (secondary N) is 1. The molecule has 3 rings (SSSR count). The molecule has 1 aromatic carbocycles. The van der Waals surface area contributed by atoms with Crippen LogP contribution < -0.4 is 5.32 Å². The summed E-state index contributed by atoms with van der Waals surface area (Å²) in [6.07, 6.45) is 3.66. The Morgan fingerprint density at radius 3 is 3.11 bits per heavy atom. The van der Waals surface area contributed by atoms with Gasteiger partial charge in [0.25, 0.3) is 5.91 Å². The van der Waals surface area contributed by atoms with E-state index in [1.165, 1.54) is 30.4 Å². The highest BCUT2D eigenvalue weighted by Crippen LogP contribution is 2.37. The molecular weight excluding hydrogens is 265 g/mol. The summed E-state index contributed by atoms with van der Waals surface area (Å²) < 4.78 is 18.6. The van der Waals surface area contributed by atoms with Gasteiger partial charge in [-0.3, -0.25) is 4.79 Å². The first-order valence-electron chi connectivity index (χ1n) is 6.00. The predicted octanol–water partition coefficient (Wildman–Crippen LogP) is 3.39. The van der Waals surface area contributed by atoms with Gasteiger partial charge in [0.1, 0.15) is 12.1 Å². The van der Waals surface area contributed by atoms with Gasteiger partial charge in [-0.1, -0.05) is 12.1 Å². The summed E-state index contributed by atoms with van der Waals surface area (Å²) >= 11 is 1.50. The van der Waals surface area contributed by atoms with Crippen LogP contribution in [0, 0.1) is 5.82 Å². The Morgan fingerprint density at radius 1 is 1.42 bits per heavy atom. The number of carbonyl (C=O) groups is 1. The molecule has 0 radical (unpaired) electrons. The van der Waals surface area contributed by atoms with Gasteiger partial charge >= 0.3 is 0 Å². The van der Waals surface area contributed by atoms with Crippen LogP contribution in [-0.4, -0.2) is 11.7 Å². The number of benzene rings is 1. The van der Waals surface area contributed by atoms with Gasteiger partial charge < -0.3 is 9.73 Å². The van der Waals surface area contributed by atoms with Crippen molar-refractivity contribution in [3.63, 3.8) is 0 Å². The molecule has 98 valence electrons. The van der Waals surface area contributed by atoms with E-state index in [0.29, 0.717) is 10.5 Å². The molecular formula is C14H12FNO2S. The summed E-state index contributed by atoms with van der Waals surface area (Å²) in [5.74, 6) is 0.384. The topological polar surface area (TPSA) is 42.2 Å². The molecule has 0 fully saturated rings. The van der Waals surface area contributed by atoms with Crippen molar-refractivity contribution < 1.29 is 13.6 Å². The van der Waals surface area contributed by atoms with Gasteiger partial charge in [0, 0.05) is 10.6 Å². The number of hydrogen-bond acceptors (Lipinski definition) is 3. The molecule has 0 spiro atoms. The van der Waals surface area contributed by atoms with Crippen LogP contribution in [0.1, 0.15) is 28.4 Å².